The summed E-state index contributed by atoms with van der Waals surface area (Å²) < 4.78 is 0. The predicted molar refractivity (Wildman–Crippen MR) is 104 cm³/mol. The van der Waals surface area contributed by atoms with E-state index in [0.717, 1.165) is 44.9 Å². The van der Waals surface area contributed by atoms with Gasteiger partial charge in [-0.05, 0) is 39.0 Å². The summed E-state index contributed by atoms with van der Waals surface area (Å²) in [5.74, 6) is 1.62. The number of hydrogen-bond acceptors (Lipinski definition) is 2. The Bertz CT molecular complexity index is 419. The molecule has 1 unspecified atom stereocenters. The highest BCUT2D eigenvalue weighted by molar-refractivity contribution is 14.0. The van der Waals surface area contributed by atoms with E-state index in [0.29, 0.717) is 23.9 Å². The maximum Gasteiger partial charge on any atom is 0.225 e. The van der Waals surface area contributed by atoms with Crippen LogP contribution < -0.4 is 10.6 Å². The number of carbonyl (C=O) groups excluding carboxylic acids is 1. The number of halogens is 1. The fourth-order valence-electron chi connectivity index (χ4n) is 3.59. The topological polar surface area (TPSA) is 56.7 Å². The zero-order valence-corrected chi connectivity index (χ0v) is 16.6. The number of rotatable bonds is 4. The SMILES string of the molecule is CCN=C(NC1CC1)NC1CCN(C(=O)C2CCCCC2)C1.I. The fraction of sp³-hybridized carbons (Fsp3) is 0.882. The van der Waals surface area contributed by atoms with Crippen LogP contribution in [0.5, 0.6) is 0 Å². The molecule has 2 saturated carbocycles. The van der Waals surface area contributed by atoms with Crippen molar-refractivity contribution in [2.75, 3.05) is 19.6 Å². The van der Waals surface area contributed by atoms with Crippen molar-refractivity contribution in [3.8, 4) is 0 Å². The summed E-state index contributed by atoms with van der Waals surface area (Å²) in [7, 11) is 0. The first-order valence-corrected chi connectivity index (χ1v) is 9.12. The summed E-state index contributed by atoms with van der Waals surface area (Å²) in [5, 5.41) is 6.98. The van der Waals surface area contributed by atoms with Crippen molar-refractivity contribution in [1.82, 2.24) is 15.5 Å². The molecule has 1 aliphatic heterocycles. The first kappa shape index (κ1) is 18.8. The molecule has 1 heterocycles. The maximum absolute atomic E-state index is 12.6. The summed E-state index contributed by atoms with van der Waals surface area (Å²) in [4.78, 5) is 19.2. The van der Waals surface area contributed by atoms with Gasteiger partial charge in [0.25, 0.3) is 0 Å². The zero-order chi connectivity index (χ0) is 15.4. The van der Waals surface area contributed by atoms with Crippen LogP contribution in [0.1, 0.15) is 58.3 Å². The van der Waals surface area contributed by atoms with Crippen molar-refractivity contribution in [1.29, 1.82) is 0 Å². The molecule has 1 saturated heterocycles. The normalized spacial score (nSPS) is 25.9. The third kappa shape index (κ3) is 5.50. The van der Waals surface area contributed by atoms with Gasteiger partial charge in [0.1, 0.15) is 0 Å². The minimum atomic E-state index is 0. The fourth-order valence-corrected chi connectivity index (χ4v) is 3.59. The number of hydrogen-bond donors (Lipinski definition) is 2. The first-order valence-electron chi connectivity index (χ1n) is 9.12. The molecule has 0 aromatic heterocycles. The van der Waals surface area contributed by atoms with Crippen molar-refractivity contribution >= 4 is 35.8 Å². The number of aliphatic imine (C=N–C) groups is 1. The van der Waals surface area contributed by atoms with Crippen molar-refractivity contribution < 1.29 is 4.79 Å². The summed E-state index contributed by atoms with van der Waals surface area (Å²) in [5.41, 5.74) is 0. The van der Waals surface area contributed by atoms with Crippen molar-refractivity contribution in [2.24, 2.45) is 10.9 Å². The molecule has 0 bridgehead atoms. The van der Waals surface area contributed by atoms with E-state index < -0.39 is 0 Å². The van der Waals surface area contributed by atoms with E-state index in [1.165, 1.54) is 32.1 Å². The minimum absolute atomic E-state index is 0. The van der Waals surface area contributed by atoms with E-state index in [1.807, 2.05) is 0 Å². The average Bonchev–Trinajstić information content (AvgIpc) is 3.23. The van der Waals surface area contributed by atoms with Crippen LogP contribution in [0, 0.1) is 5.92 Å². The summed E-state index contributed by atoms with van der Waals surface area (Å²) in [6.07, 6.45) is 9.49. The van der Waals surface area contributed by atoms with Crippen molar-refractivity contribution in [3.05, 3.63) is 0 Å². The number of nitrogens with zero attached hydrogens (tertiary/aromatic N) is 2. The van der Waals surface area contributed by atoms with Gasteiger partial charge in [-0.2, -0.15) is 0 Å². The predicted octanol–water partition coefficient (Wildman–Crippen LogP) is 2.50. The second-order valence-corrected chi connectivity index (χ2v) is 6.99. The largest absolute Gasteiger partial charge is 0.354 e. The Kier molecular flexibility index (Phi) is 7.43. The van der Waals surface area contributed by atoms with Crippen LogP contribution in [0.2, 0.25) is 0 Å². The highest BCUT2D eigenvalue weighted by Gasteiger charge is 2.32. The van der Waals surface area contributed by atoms with Gasteiger partial charge in [0.2, 0.25) is 5.91 Å². The number of amides is 1. The van der Waals surface area contributed by atoms with Gasteiger partial charge in [-0.3, -0.25) is 9.79 Å². The van der Waals surface area contributed by atoms with Gasteiger partial charge in [0.05, 0.1) is 0 Å². The molecular formula is C17H31IN4O. The molecule has 23 heavy (non-hydrogen) atoms. The molecule has 132 valence electrons. The van der Waals surface area contributed by atoms with E-state index in [4.69, 9.17) is 0 Å². The second-order valence-electron chi connectivity index (χ2n) is 6.99. The van der Waals surface area contributed by atoms with Gasteiger partial charge < -0.3 is 15.5 Å². The molecule has 0 aromatic rings. The van der Waals surface area contributed by atoms with Crippen molar-refractivity contribution in [2.45, 2.75) is 70.4 Å². The van der Waals surface area contributed by atoms with Crippen LogP contribution >= 0.6 is 24.0 Å². The molecule has 2 N–H and O–H groups in total. The third-order valence-corrected chi connectivity index (χ3v) is 5.03. The lowest BCUT2D eigenvalue weighted by atomic mass is 9.88. The van der Waals surface area contributed by atoms with E-state index in [2.05, 4.69) is 27.4 Å². The molecule has 0 spiro atoms. The Balaban J connectivity index is 0.00000192. The Morgan fingerprint density at radius 2 is 1.74 bits per heavy atom. The van der Waals surface area contributed by atoms with E-state index in [9.17, 15) is 4.79 Å². The van der Waals surface area contributed by atoms with E-state index in [-0.39, 0.29) is 24.0 Å². The Labute approximate surface area is 157 Å². The molecule has 0 aromatic carbocycles. The number of guanidine groups is 1. The van der Waals surface area contributed by atoms with Gasteiger partial charge in [-0.15, -0.1) is 24.0 Å². The van der Waals surface area contributed by atoms with Crippen LogP contribution in [-0.4, -0.2) is 48.5 Å². The summed E-state index contributed by atoms with van der Waals surface area (Å²) in [6.45, 7) is 4.59. The average molecular weight is 434 g/mol. The monoisotopic (exact) mass is 434 g/mol. The van der Waals surface area contributed by atoms with Gasteiger partial charge in [-0.1, -0.05) is 19.3 Å². The van der Waals surface area contributed by atoms with E-state index >= 15 is 0 Å². The standard InChI is InChI=1S/C17H30N4O.HI/c1-2-18-17(19-14-8-9-14)20-15-10-11-21(12-15)16(22)13-6-4-3-5-7-13;/h13-15H,2-12H2,1H3,(H2,18,19,20);1H. The van der Waals surface area contributed by atoms with E-state index in [1.54, 1.807) is 0 Å². The lowest BCUT2D eigenvalue weighted by molar-refractivity contribution is -0.135. The third-order valence-electron chi connectivity index (χ3n) is 5.03. The lowest BCUT2D eigenvalue weighted by Crippen LogP contribution is -2.46. The molecule has 3 fully saturated rings. The molecular weight excluding hydrogens is 403 g/mol. The lowest BCUT2D eigenvalue weighted by Gasteiger charge is -2.26. The quantitative estimate of drug-likeness (QED) is 0.406. The number of nitrogens with one attached hydrogen (secondary N) is 2. The first-order chi connectivity index (χ1) is 10.8. The Morgan fingerprint density at radius 1 is 1.04 bits per heavy atom. The smallest absolute Gasteiger partial charge is 0.225 e. The highest BCUT2D eigenvalue weighted by Crippen LogP contribution is 2.26. The molecule has 6 heteroatoms. The minimum Gasteiger partial charge on any atom is -0.354 e. The molecule has 1 atom stereocenters. The van der Waals surface area contributed by atoms with Crippen LogP contribution in [0.15, 0.2) is 4.99 Å². The molecule has 3 aliphatic rings. The highest BCUT2D eigenvalue weighted by atomic mass is 127. The second kappa shape index (κ2) is 9.08. The number of carbonyl (C=O) groups is 1. The molecule has 2 aliphatic carbocycles. The summed E-state index contributed by atoms with van der Waals surface area (Å²) >= 11 is 0. The molecule has 0 radical (unpaired) electrons. The Hall–Kier alpha value is -0.530. The van der Waals surface area contributed by atoms with Gasteiger partial charge in [0.15, 0.2) is 5.96 Å². The molecule has 5 nitrogen and oxygen atoms in total. The van der Waals surface area contributed by atoms with Gasteiger partial charge in [-0.25, -0.2) is 0 Å². The zero-order valence-electron chi connectivity index (χ0n) is 14.2. The van der Waals surface area contributed by atoms with Crippen LogP contribution in [0.4, 0.5) is 0 Å². The van der Waals surface area contributed by atoms with Crippen LogP contribution in [0.3, 0.4) is 0 Å². The van der Waals surface area contributed by atoms with Crippen molar-refractivity contribution in [3.63, 3.8) is 0 Å². The Morgan fingerprint density at radius 3 is 2.39 bits per heavy atom. The molecule has 3 rings (SSSR count). The van der Waals surface area contributed by atoms with Crippen LogP contribution in [-0.2, 0) is 4.79 Å². The maximum atomic E-state index is 12.6. The van der Waals surface area contributed by atoms with Crippen LogP contribution in [0.25, 0.3) is 0 Å². The molecule has 1 amide bonds. The van der Waals surface area contributed by atoms with Gasteiger partial charge in [0, 0.05) is 37.6 Å². The number of likely N-dealkylation sites (tertiary alicyclic amines) is 1. The van der Waals surface area contributed by atoms with Gasteiger partial charge >= 0.3 is 0 Å². The summed E-state index contributed by atoms with van der Waals surface area (Å²) in [6, 6.07) is 0.961.